The van der Waals surface area contributed by atoms with E-state index in [9.17, 15) is 14.4 Å². The summed E-state index contributed by atoms with van der Waals surface area (Å²) in [6.45, 7) is 2.34. The Labute approximate surface area is 205 Å². The largest absolute Gasteiger partial charge is 0.481 e. The second-order valence-corrected chi connectivity index (χ2v) is 10.2. The number of nitrogens with one attached hydrogen (secondary N) is 1. The van der Waals surface area contributed by atoms with Gasteiger partial charge in [0, 0.05) is 24.5 Å². The second-order valence-electron chi connectivity index (χ2n) is 10.2. The number of carbonyl (C=O) groups excluding carboxylic acids is 2. The zero-order valence-electron chi connectivity index (χ0n) is 20.0. The fourth-order valence-corrected chi connectivity index (χ4v) is 5.82. The van der Waals surface area contributed by atoms with Gasteiger partial charge in [-0.2, -0.15) is 0 Å². The van der Waals surface area contributed by atoms with Crippen LogP contribution < -0.4 is 5.32 Å². The summed E-state index contributed by atoms with van der Waals surface area (Å²) in [7, 11) is 0. The van der Waals surface area contributed by atoms with Crippen LogP contribution in [0, 0.1) is 5.41 Å². The number of alkyl carbamates (subject to hydrolysis) is 1. The van der Waals surface area contributed by atoms with Gasteiger partial charge in [0.15, 0.2) is 0 Å². The van der Waals surface area contributed by atoms with E-state index in [0.717, 1.165) is 30.4 Å². The molecule has 2 N–H and O–H groups in total. The molecule has 2 aromatic rings. The molecule has 2 saturated carbocycles. The van der Waals surface area contributed by atoms with Crippen LogP contribution in [0.1, 0.15) is 62.5 Å². The third kappa shape index (κ3) is 4.51. The van der Waals surface area contributed by atoms with Crippen molar-refractivity contribution in [2.24, 2.45) is 5.41 Å². The minimum absolute atomic E-state index is 0.0221. The van der Waals surface area contributed by atoms with Crippen LogP contribution in [0.2, 0.25) is 0 Å². The molecule has 0 bridgehead atoms. The van der Waals surface area contributed by atoms with Crippen LogP contribution in [0.3, 0.4) is 0 Å². The number of carboxylic acids is 1. The van der Waals surface area contributed by atoms with E-state index in [2.05, 4.69) is 29.6 Å². The first kappa shape index (κ1) is 23.4. The number of aliphatic carboxylic acids is 1. The zero-order valence-corrected chi connectivity index (χ0v) is 20.0. The van der Waals surface area contributed by atoms with E-state index in [1.165, 1.54) is 11.1 Å². The van der Waals surface area contributed by atoms with Gasteiger partial charge in [-0.1, -0.05) is 55.0 Å². The molecule has 3 aliphatic rings. The summed E-state index contributed by atoms with van der Waals surface area (Å²) in [6.07, 6.45) is 3.43. The molecular formula is C28H32N2O5. The average molecular weight is 477 g/mol. The Balaban J connectivity index is 1.24. The summed E-state index contributed by atoms with van der Waals surface area (Å²) in [5.41, 5.74) is 3.90. The average Bonchev–Trinajstić information content (AvgIpc) is 3.55. The molecule has 2 aromatic carbocycles. The molecule has 7 heteroatoms. The molecule has 2 fully saturated rings. The summed E-state index contributed by atoms with van der Waals surface area (Å²) in [6, 6.07) is 16.2. The summed E-state index contributed by atoms with van der Waals surface area (Å²) >= 11 is 0. The van der Waals surface area contributed by atoms with Crippen LogP contribution in [0.5, 0.6) is 0 Å². The van der Waals surface area contributed by atoms with Crippen molar-refractivity contribution < 1.29 is 24.2 Å². The van der Waals surface area contributed by atoms with Gasteiger partial charge < -0.3 is 20.1 Å². The van der Waals surface area contributed by atoms with E-state index in [1.54, 1.807) is 4.90 Å². The van der Waals surface area contributed by atoms with Gasteiger partial charge in [-0.3, -0.25) is 9.59 Å². The summed E-state index contributed by atoms with van der Waals surface area (Å²) in [4.78, 5) is 39.3. The van der Waals surface area contributed by atoms with Gasteiger partial charge in [-0.25, -0.2) is 4.79 Å². The highest BCUT2D eigenvalue weighted by atomic mass is 16.5. The topological polar surface area (TPSA) is 95.9 Å². The number of hydrogen-bond acceptors (Lipinski definition) is 4. The Bertz CT molecular complexity index is 1100. The molecule has 0 spiro atoms. The number of ether oxygens (including phenoxy) is 1. The van der Waals surface area contributed by atoms with Crippen LogP contribution in [0.15, 0.2) is 48.5 Å². The predicted molar refractivity (Wildman–Crippen MR) is 131 cm³/mol. The molecule has 0 radical (unpaired) electrons. The fraction of sp³-hybridized carbons (Fsp3) is 0.464. The van der Waals surface area contributed by atoms with Crippen LogP contribution in [0.25, 0.3) is 11.1 Å². The normalized spacial score (nSPS) is 22.8. The van der Waals surface area contributed by atoms with Crippen molar-refractivity contribution in [1.82, 2.24) is 10.2 Å². The highest BCUT2D eigenvalue weighted by molar-refractivity contribution is 5.85. The fourth-order valence-electron chi connectivity index (χ4n) is 5.82. The van der Waals surface area contributed by atoms with E-state index in [1.807, 2.05) is 31.2 Å². The van der Waals surface area contributed by atoms with Crippen molar-refractivity contribution in [2.45, 2.75) is 63.5 Å². The third-order valence-corrected chi connectivity index (χ3v) is 7.90. The maximum atomic E-state index is 13.5. The lowest BCUT2D eigenvalue weighted by atomic mass is 9.83. The number of hydrogen-bond donors (Lipinski definition) is 2. The van der Waals surface area contributed by atoms with Crippen LogP contribution in [-0.4, -0.2) is 53.2 Å². The number of nitrogens with zero attached hydrogens (tertiary/aromatic N) is 1. The lowest BCUT2D eigenvalue weighted by Gasteiger charge is -2.36. The first-order valence-corrected chi connectivity index (χ1v) is 12.5. The summed E-state index contributed by atoms with van der Waals surface area (Å²) in [5.74, 6) is -0.984. The van der Waals surface area contributed by atoms with Gasteiger partial charge >= 0.3 is 12.1 Å². The molecular weight excluding hydrogens is 444 g/mol. The SMILES string of the molecule is CC1(C(=O)N(CCC(=O)O)C2CC2)CCCC1NC(=O)OCC1c2ccccc2-c2ccccc21. The molecule has 2 amide bonds. The molecule has 0 aromatic heterocycles. The van der Waals surface area contributed by atoms with Crippen LogP contribution in [-0.2, 0) is 14.3 Å². The molecule has 184 valence electrons. The molecule has 5 rings (SSSR count). The number of amides is 2. The monoisotopic (exact) mass is 476 g/mol. The molecule has 2 atom stereocenters. The number of carbonyl (C=O) groups is 3. The molecule has 35 heavy (non-hydrogen) atoms. The Kier molecular flexibility index (Phi) is 6.26. The Morgan fingerprint density at radius 1 is 1.03 bits per heavy atom. The Morgan fingerprint density at radius 2 is 1.66 bits per heavy atom. The number of benzene rings is 2. The van der Waals surface area contributed by atoms with E-state index in [0.29, 0.717) is 12.8 Å². The van der Waals surface area contributed by atoms with Crippen LogP contribution >= 0.6 is 0 Å². The van der Waals surface area contributed by atoms with Gasteiger partial charge in [-0.05, 0) is 54.9 Å². The molecule has 3 aliphatic carbocycles. The smallest absolute Gasteiger partial charge is 0.407 e. The quantitative estimate of drug-likeness (QED) is 0.583. The highest BCUT2D eigenvalue weighted by Crippen LogP contribution is 2.45. The molecule has 0 heterocycles. The minimum Gasteiger partial charge on any atom is -0.481 e. The van der Waals surface area contributed by atoms with Gasteiger partial charge in [0.05, 0.1) is 11.8 Å². The van der Waals surface area contributed by atoms with E-state index < -0.39 is 17.5 Å². The number of carboxylic acid groups (broad SMARTS) is 1. The standard InChI is InChI=1S/C28H32N2O5/c1-28(26(33)30(18-12-13-18)16-14-25(31)32)15-6-11-24(28)29-27(34)35-17-23-21-9-4-2-7-19(21)20-8-3-5-10-22(20)23/h2-5,7-10,18,23-24H,6,11-17H2,1H3,(H,29,34)(H,31,32). The van der Waals surface area contributed by atoms with E-state index in [-0.39, 0.29) is 43.5 Å². The van der Waals surface area contributed by atoms with Crippen molar-refractivity contribution in [2.75, 3.05) is 13.2 Å². The van der Waals surface area contributed by atoms with Crippen molar-refractivity contribution in [1.29, 1.82) is 0 Å². The number of fused-ring (bicyclic) bond motifs is 3. The Hall–Kier alpha value is -3.35. The molecule has 2 unspecified atom stereocenters. The second kappa shape index (κ2) is 9.36. The minimum atomic E-state index is -0.909. The van der Waals surface area contributed by atoms with Crippen molar-refractivity contribution in [3.05, 3.63) is 59.7 Å². The van der Waals surface area contributed by atoms with Crippen molar-refractivity contribution in [3.8, 4) is 11.1 Å². The van der Waals surface area contributed by atoms with Crippen molar-refractivity contribution >= 4 is 18.0 Å². The van der Waals surface area contributed by atoms with Crippen LogP contribution in [0.4, 0.5) is 4.79 Å². The zero-order chi connectivity index (χ0) is 24.6. The first-order chi connectivity index (χ1) is 16.9. The molecule has 0 saturated heterocycles. The molecule has 7 nitrogen and oxygen atoms in total. The predicted octanol–water partition coefficient (Wildman–Crippen LogP) is 4.55. The maximum Gasteiger partial charge on any atom is 0.407 e. The van der Waals surface area contributed by atoms with E-state index in [4.69, 9.17) is 9.84 Å². The van der Waals surface area contributed by atoms with Gasteiger partial charge in [0.2, 0.25) is 5.91 Å². The Morgan fingerprint density at radius 3 is 2.26 bits per heavy atom. The lowest BCUT2D eigenvalue weighted by Crippen LogP contribution is -2.53. The molecule has 0 aliphatic heterocycles. The van der Waals surface area contributed by atoms with Gasteiger partial charge in [0.25, 0.3) is 0 Å². The van der Waals surface area contributed by atoms with Gasteiger partial charge in [0.1, 0.15) is 6.61 Å². The summed E-state index contributed by atoms with van der Waals surface area (Å²) in [5, 5.41) is 12.1. The lowest BCUT2D eigenvalue weighted by molar-refractivity contribution is -0.144. The summed E-state index contributed by atoms with van der Waals surface area (Å²) < 4.78 is 5.72. The third-order valence-electron chi connectivity index (χ3n) is 7.90. The number of rotatable bonds is 8. The highest BCUT2D eigenvalue weighted by Gasteiger charge is 2.50. The first-order valence-electron chi connectivity index (χ1n) is 12.5. The maximum absolute atomic E-state index is 13.5. The van der Waals surface area contributed by atoms with Gasteiger partial charge in [-0.15, -0.1) is 0 Å². The van der Waals surface area contributed by atoms with Crippen molar-refractivity contribution in [3.63, 3.8) is 0 Å². The van der Waals surface area contributed by atoms with E-state index >= 15 is 0 Å².